The van der Waals surface area contributed by atoms with Crippen molar-refractivity contribution < 1.29 is 14.0 Å². The molecule has 0 unspecified atom stereocenters. The molecule has 1 aromatic heterocycles. The summed E-state index contributed by atoms with van der Waals surface area (Å²) in [4.78, 5) is 33.4. The molecule has 2 aromatic carbocycles. The van der Waals surface area contributed by atoms with E-state index in [4.69, 9.17) is 11.6 Å². The second kappa shape index (κ2) is 8.85. The molecule has 1 saturated heterocycles. The second-order valence-electron chi connectivity index (χ2n) is 7.32. The highest BCUT2D eigenvalue weighted by molar-refractivity contribution is 6.30. The lowest BCUT2D eigenvalue weighted by molar-refractivity contribution is 0.0712. The van der Waals surface area contributed by atoms with E-state index in [9.17, 15) is 14.0 Å². The lowest BCUT2D eigenvalue weighted by Crippen LogP contribution is -2.37. The molecule has 3 aromatic rings. The molecular formula is C22H21ClFN5O2. The molecule has 2 amide bonds. The summed E-state index contributed by atoms with van der Waals surface area (Å²) in [6.07, 6.45) is 0.634. The number of halogens is 2. The van der Waals surface area contributed by atoms with Gasteiger partial charge in [-0.1, -0.05) is 11.6 Å². The summed E-state index contributed by atoms with van der Waals surface area (Å²) in [5, 5.41) is 4.99. The van der Waals surface area contributed by atoms with Gasteiger partial charge in [-0.25, -0.2) is 14.1 Å². The minimum absolute atomic E-state index is 0.116. The fourth-order valence-corrected chi connectivity index (χ4v) is 3.67. The number of aromatic nitrogens is 3. The molecule has 0 atom stereocenters. The highest BCUT2D eigenvalue weighted by Crippen LogP contribution is 2.16. The van der Waals surface area contributed by atoms with Gasteiger partial charge in [0.2, 0.25) is 5.82 Å². The van der Waals surface area contributed by atoms with Crippen molar-refractivity contribution in [1.29, 1.82) is 0 Å². The quantitative estimate of drug-likeness (QED) is 0.625. The van der Waals surface area contributed by atoms with E-state index >= 15 is 0 Å². The number of carbonyl (C=O) groups is 2. The Bertz CT molecular complexity index is 1100. The first-order valence-corrected chi connectivity index (χ1v) is 10.3. The van der Waals surface area contributed by atoms with Crippen LogP contribution in [0, 0.1) is 12.7 Å². The van der Waals surface area contributed by atoms with Crippen LogP contribution in [-0.4, -0.2) is 62.6 Å². The monoisotopic (exact) mass is 441 g/mol. The van der Waals surface area contributed by atoms with Crippen molar-refractivity contribution in [2.24, 2.45) is 0 Å². The maximum absolute atomic E-state index is 13.1. The Kier molecular flexibility index (Phi) is 5.99. The normalized spacial score (nSPS) is 14.4. The van der Waals surface area contributed by atoms with Gasteiger partial charge in [-0.2, -0.15) is 0 Å². The third-order valence-electron chi connectivity index (χ3n) is 5.19. The van der Waals surface area contributed by atoms with Crippen molar-refractivity contribution >= 4 is 23.4 Å². The van der Waals surface area contributed by atoms with Crippen molar-refractivity contribution in [1.82, 2.24) is 24.6 Å². The minimum atomic E-state index is -0.384. The summed E-state index contributed by atoms with van der Waals surface area (Å²) in [7, 11) is 0. The zero-order valence-corrected chi connectivity index (χ0v) is 17.7. The van der Waals surface area contributed by atoms with E-state index in [2.05, 4.69) is 10.1 Å². The Morgan fingerprint density at radius 3 is 2.16 bits per heavy atom. The Balaban J connectivity index is 1.45. The van der Waals surface area contributed by atoms with Gasteiger partial charge < -0.3 is 9.80 Å². The van der Waals surface area contributed by atoms with E-state index in [1.807, 2.05) is 12.1 Å². The molecule has 0 saturated carbocycles. The van der Waals surface area contributed by atoms with Crippen LogP contribution in [0.25, 0.3) is 5.69 Å². The molecule has 1 fully saturated rings. The number of hydrogen-bond acceptors (Lipinski definition) is 4. The molecule has 2 heterocycles. The predicted octanol–water partition coefficient (Wildman–Crippen LogP) is 3.36. The van der Waals surface area contributed by atoms with Gasteiger partial charge in [-0.15, -0.1) is 5.10 Å². The van der Waals surface area contributed by atoms with Crippen LogP contribution < -0.4 is 0 Å². The molecule has 0 bridgehead atoms. The predicted molar refractivity (Wildman–Crippen MR) is 114 cm³/mol. The first-order chi connectivity index (χ1) is 14.9. The Morgan fingerprint density at radius 1 is 0.903 bits per heavy atom. The highest BCUT2D eigenvalue weighted by atomic mass is 35.5. The zero-order chi connectivity index (χ0) is 22.0. The molecular weight excluding hydrogens is 421 g/mol. The van der Waals surface area contributed by atoms with Gasteiger partial charge in [0.25, 0.3) is 11.8 Å². The van der Waals surface area contributed by atoms with Crippen LogP contribution in [0.4, 0.5) is 4.39 Å². The van der Waals surface area contributed by atoms with E-state index < -0.39 is 0 Å². The van der Waals surface area contributed by atoms with Crippen molar-refractivity contribution in [2.75, 3.05) is 26.2 Å². The minimum Gasteiger partial charge on any atom is -0.337 e. The Morgan fingerprint density at radius 2 is 1.52 bits per heavy atom. The highest BCUT2D eigenvalue weighted by Gasteiger charge is 2.26. The number of amides is 2. The summed E-state index contributed by atoms with van der Waals surface area (Å²) in [6.45, 7) is 3.56. The largest absolute Gasteiger partial charge is 0.337 e. The van der Waals surface area contributed by atoms with Gasteiger partial charge in [0.1, 0.15) is 11.6 Å². The molecule has 31 heavy (non-hydrogen) atoms. The third kappa shape index (κ3) is 4.59. The Labute approximate surface area is 184 Å². The summed E-state index contributed by atoms with van der Waals surface area (Å²) in [5.74, 6) is -0.119. The van der Waals surface area contributed by atoms with E-state index in [-0.39, 0.29) is 23.5 Å². The molecule has 9 heteroatoms. The lowest BCUT2D eigenvalue weighted by Gasteiger charge is -2.21. The summed E-state index contributed by atoms with van der Waals surface area (Å²) in [6, 6.07) is 12.6. The fourth-order valence-electron chi connectivity index (χ4n) is 3.55. The summed E-state index contributed by atoms with van der Waals surface area (Å²) in [5.41, 5.74) is 1.19. The van der Waals surface area contributed by atoms with Crippen LogP contribution in [-0.2, 0) is 0 Å². The van der Waals surface area contributed by atoms with Gasteiger partial charge in [0.05, 0.1) is 5.69 Å². The van der Waals surface area contributed by atoms with Crippen molar-refractivity contribution in [3.8, 4) is 5.69 Å². The first kappa shape index (κ1) is 21.0. The SMILES string of the molecule is Cc1nc(C(=O)N2CCCN(C(=O)c3ccc(F)cc3)CC2)nn1-c1ccc(Cl)cc1. The Hall–Kier alpha value is -3.26. The van der Waals surface area contributed by atoms with Gasteiger partial charge in [-0.05, 0) is 61.9 Å². The van der Waals surface area contributed by atoms with Crippen LogP contribution in [0.3, 0.4) is 0 Å². The molecule has 0 N–H and O–H groups in total. The number of carbonyl (C=O) groups excluding carboxylic acids is 2. The molecule has 0 aliphatic carbocycles. The second-order valence-corrected chi connectivity index (χ2v) is 7.75. The molecule has 0 spiro atoms. The first-order valence-electron chi connectivity index (χ1n) is 9.96. The van der Waals surface area contributed by atoms with E-state index in [0.717, 1.165) is 5.69 Å². The maximum Gasteiger partial charge on any atom is 0.293 e. The third-order valence-corrected chi connectivity index (χ3v) is 5.44. The van der Waals surface area contributed by atoms with Crippen LogP contribution in [0.2, 0.25) is 5.02 Å². The molecule has 160 valence electrons. The van der Waals surface area contributed by atoms with Gasteiger partial charge in [0.15, 0.2) is 0 Å². The fraction of sp³-hybridized carbons (Fsp3) is 0.273. The standard InChI is InChI=1S/C22H21ClFN5O2/c1-15-25-20(26-29(15)19-9-5-17(23)6-10-19)22(31)28-12-2-11-27(13-14-28)21(30)16-3-7-18(24)8-4-16/h3-10H,2,11-14H2,1H3. The zero-order valence-electron chi connectivity index (χ0n) is 17.0. The van der Waals surface area contributed by atoms with Crippen LogP contribution in [0.5, 0.6) is 0 Å². The van der Waals surface area contributed by atoms with E-state index in [1.54, 1.807) is 33.5 Å². The number of aryl methyl sites for hydroxylation is 1. The molecule has 1 aliphatic heterocycles. The lowest BCUT2D eigenvalue weighted by atomic mass is 10.2. The van der Waals surface area contributed by atoms with E-state index in [0.29, 0.717) is 49.0 Å². The number of rotatable bonds is 3. The average molecular weight is 442 g/mol. The van der Waals surface area contributed by atoms with Crippen molar-refractivity contribution in [2.45, 2.75) is 13.3 Å². The topological polar surface area (TPSA) is 71.3 Å². The van der Waals surface area contributed by atoms with Crippen LogP contribution >= 0.6 is 11.6 Å². The van der Waals surface area contributed by atoms with Crippen molar-refractivity contribution in [3.05, 3.63) is 76.6 Å². The molecule has 7 nitrogen and oxygen atoms in total. The molecule has 1 aliphatic rings. The summed E-state index contributed by atoms with van der Waals surface area (Å²) >= 11 is 5.94. The maximum atomic E-state index is 13.1. The smallest absolute Gasteiger partial charge is 0.293 e. The van der Waals surface area contributed by atoms with Crippen LogP contribution in [0.1, 0.15) is 33.2 Å². The number of benzene rings is 2. The summed E-state index contributed by atoms with van der Waals surface area (Å²) < 4.78 is 14.7. The van der Waals surface area contributed by atoms with E-state index in [1.165, 1.54) is 24.3 Å². The van der Waals surface area contributed by atoms with Gasteiger partial charge in [0, 0.05) is 36.8 Å². The van der Waals surface area contributed by atoms with Crippen molar-refractivity contribution in [3.63, 3.8) is 0 Å². The van der Waals surface area contributed by atoms with Gasteiger partial charge >= 0.3 is 0 Å². The number of hydrogen-bond donors (Lipinski definition) is 0. The molecule has 0 radical (unpaired) electrons. The van der Waals surface area contributed by atoms with Crippen LogP contribution in [0.15, 0.2) is 48.5 Å². The number of nitrogens with zero attached hydrogens (tertiary/aromatic N) is 5. The molecule has 4 rings (SSSR count). The average Bonchev–Trinajstić information content (AvgIpc) is 2.99. The van der Waals surface area contributed by atoms with Gasteiger partial charge in [-0.3, -0.25) is 9.59 Å².